The van der Waals surface area contributed by atoms with E-state index in [0.717, 1.165) is 0 Å². The molecule has 4 heteroatoms. The number of rotatable bonds is 1. The number of hydrogen-bond donors (Lipinski definition) is 1. The Hall–Kier alpha value is -0.876. The largest absolute Gasteiger partial charge is 0.478 e. The van der Waals surface area contributed by atoms with Crippen LogP contribution >= 0.6 is 0 Å². The van der Waals surface area contributed by atoms with Crippen LogP contribution in [0.4, 0.5) is 0 Å². The van der Waals surface area contributed by atoms with Crippen molar-refractivity contribution in [3.8, 4) is 0 Å². The van der Waals surface area contributed by atoms with E-state index in [-0.39, 0.29) is 0 Å². The summed E-state index contributed by atoms with van der Waals surface area (Å²) in [5.41, 5.74) is 1.80. The van der Waals surface area contributed by atoms with E-state index in [9.17, 15) is 4.79 Å². The van der Waals surface area contributed by atoms with Gasteiger partial charge in [0.25, 0.3) is 0 Å². The fraction of sp³-hybridized carbons (Fsp3) is 0.417. The normalized spacial score (nSPS) is 20.5. The van der Waals surface area contributed by atoms with E-state index in [1.165, 1.54) is 16.0 Å². The molecule has 1 aromatic carbocycles. The van der Waals surface area contributed by atoms with Crippen molar-refractivity contribution in [3.05, 3.63) is 23.8 Å². The lowest BCUT2D eigenvalue weighted by molar-refractivity contribution is 0.0697. The quantitative estimate of drug-likeness (QED) is 0.771. The maximum atomic E-state index is 11.0. The first-order chi connectivity index (χ1) is 7.24. The van der Waals surface area contributed by atoms with Gasteiger partial charge in [-0.15, -0.1) is 0 Å². The first-order valence-corrected chi connectivity index (χ1v) is 12.0. The first-order valence-electron chi connectivity index (χ1n) is 5.62. The summed E-state index contributed by atoms with van der Waals surface area (Å²) in [6.07, 6.45) is 0. The molecule has 0 saturated heterocycles. The highest BCUT2D eigenvalue weighted by Gasteiger charge is 2.44. The Kier molecular flexibility index (Phi) is 2.40. The predicted octanol–water partition coefficient (Wildman–Crippen LogP) is 1.77. The molecule has 0 fully saturated rings. The summed E-state index contributed by atoms with van der Waals surface area (Å²) in [6, 6.07) is 5.78. The Labute approximate surface area is 98.3 Å². The van der Waals surface area contributed by atoms with Gasteiger partial charge in [0.15, 0.2) is 0 Å². The molecule has 0 radical (unpaired) electrons. The number of hydrogen-bond acceptors (Lipinski definition) is 1. The Bertz CT molecular complexity index is 464. The van der Waals surface area contributed by atoms with Crippen LogP contribution in [0.25, 0.3) is 0 Å². The summed E-state index contributed by atoms with van der Waals surface area (Å²) in [5, 5.41) is 11.9. The van der Waals surface area contributed by atoms with E-state index in [1.54, 1.807) is 6.07 Å². The van der Waals surface area contributed by atoms with Crippen LogP contribution in [0.3, 0.4) is 0 Å². The van der Waals surface area contributed by atoms with Gasteiger partial charge in [-0.2, -0.15) is 0 Å². The molecule has 0 amide bonds. The Morgan fingerprint density at radius 3 is 2.25 bits per heavy atom. The van der Waals surface area contributed by atoms with Crippen LogP contribution in [-0.2, 0) is 0 Å². The summed E-state index contributed by atoms with van der Waals surface area (Å²) < 4.78 is 0. The highest BCUT2D eigenvalue weighted by Crippen LogP contribution is 2.26. The van der Waals surface area contributed by atoms with Crippen LogP contribution in [0.2, 0.25) is 31.9 Å². The highest BCUT2D eigenvalue weighted by molar-refractivity contribution is 7.14. The van der Waals surface area contributed by atoms with Gasteiger partial charge in [0.1, 0.15) is 0 Å². The molecular formula is C12H18O2Si2. The van der Waals surface area contributed by atoms with E-state index in [2.05, 4.69) is 32.3 Å². The average Bonchev–Trinajstić information content (AvgIpc) is 2.32. The molecule has 0 atom stereocenters. The van der Waals surface area contributed by atoms with E-state index in [4.69, 9.17) is 5.11 Å². The molecular weight excluding hydrogens is 232 g/mol. The van der Waals surface area contributed by atoms with Crippen molar-refractivity contribution in [2.24, 2.45) is 0 Å². The van der Waals surface area contributed by atoms with Crippen LogP contribution < -0.4 is 10.4 Å². The maximum Gasteiger partial charge on any atom is 0.335 e. The van der Waals surface area contributed by atoms with E-state index < -0.39 is 22.1 Å². The highest BCUT2D eigenvalue weighted by atomic mass is 28.4. The van der Waals surface area contributed by atoms with Gasteiger partial charge in [-0.1, -0.05) is 48.3 Å². The third-order valence-electron chi connectivity index (χ3n) is 3.61. The van der Waals surface area contributed by atoms with Crippen LogP contribution in [-0.4, -0.2) is 27.2 Å². The van der Waals surface area contributed by atoms with Gasteiger partial charge in [0, 0.05) is 0 Å². The lowest BCUT2D eigenvalue weighted by atomic mass is 10.2. The molecule has 0 bridgehead atoms. The van der Waals surface area contributed by atoms with E-state index in [1.807, 2.05) is 6.07 Å². The molecule has 1 heterocycles. The van der Waals surface area contributed by atoms with Gasteiger partial charge in [-0.05, 0) is 12.1 Å². The topological polar surface area (TPSA) is 37.3 Å². The first kappa shape index (κ1) is 11.6. The summed E-state index contributed by atoms with van der Waals surface area (Å²) >= 11 is 0. The predicted molar refractivity (Wildman–Crippen MR) is 72.4 cm³/mol. The number of benzene rings is 1. The lowest BCUT2D eigenvalue weighted by Crippen LogP contribution is -2.44. The fourth-order valence-electron chi connectivity index (χ4n) is 3.12. The van der Waals surface area contributed by atoms with Crippen LogP contribution in [0.5, 0.6) is 0 Å². The second kappa shape index (κ2) is 3.31. The Morgan fingerprint density at radius 2 is 1.69 bits per heavy atom. The van der Waals surface area contributed by atoms with Crippen LogP contribution in [0.1, 0.15) is 10.4 Å². The van der Waals surface area contributed by atoms with Crippen molar-refractivity contribution in [1.82, 2.24) is 0 Å². The number of fused-ring (bicyclic) bond motifs is 1. The van der Waals surface area contributed by atoms with Gasteiger partial charge < -0.3 is 5.11 Å². The average molecular weight is 250 g/mol. The molecule has 0 unspecified atom stereocenters. The van der Waals surface area contributed by atoms with Crippen LogP contribution in [0.15, 0.2) is 18.2 Å². The second-order valence-corrected chi connectivity index (χ2v) is 16.0. The van der Waals surface area contributed by atoms with Crippen LogP contribution in [0, 0.1) is 0 Å². The zero-order valence-corrected chi connectivity index (χ0v) is 12.3. The molecule has 1 aliphatic rings. The summed E-state index contributed by atoms with van der Waals surface area (Å²) in [4.78, 5) is 11.0. The molecule has 0 spiro atoms. The summed E-state index contributed by atoms with van der Waals surface area (Å²) in [6.45, 7) is 9.51. The molecule has 86 valence electrons. The molecule has 2 nitrogen and oxygen atoms in total. The molecule has 0 saturated carbocycles. The Balaban J connectivity index is 2.63. The summed E-state index contributed by atoms with van der Waals surface area (Å²) in [7, 11) is -2.66. The third-order valence-corrected chi connectivity index (χ3v) is 14.7. The zero-order chi connectivity index (χ0) is 12.1. The van der Waals surface area contributed by atoms with E-state index >= 15 is 0 Å². The maximum absolute atomic E-state index is 11.0. The minimum Gasteiger partial charge on any atom is -0.478 e. The van der Waals surface area contributed by atoms with Crippen molar-refractivity contribution >= 4 is 32.5 Å². The van der Waals surface area contributed by atoms with Crippen molar-refractivity contribution < 1.29 is 9.90 Å². The molecule has 16 heavy (non-hydrogen) atoms. The number of carboxylic acids is 1. The fourth-order valence-corrected chi connectivity index (χ4v) is 18.2. The molecule has 1 N–H and O–H groups in total. The lowest BCUT2D eigenvalue weighted by Gasteiger charge is -2.19. The number of carbonyl (C=O) groups is 1. The molecule has 0 aliphatic carbocycles. The van der Waals surface area contributed by atoms with Gasteiger partial charge in [0.2, 0.25) is 0 Å². The number of carboxylic acid groups (broad SMARTS) is 1. The summed E-state index contributed by atoms with van der Waals surface area (Å²) in [5.74, 6) is -0.807. The van der Waals surface area contributed by atoms with Gasteiger partial charge in [-0.3, -0.25) is 0 Å². The molecule has 1 aromatic rings. The van der Waals surface area contributed by atoms with Crippen molar-refractivity contribution in [2.75, 3.05) is 0 Å². The SMILES string of the molecule is C[Si]1(C)C[Si](C)(C)c2cc(C(=O)O)ccc21. The van der Waals surface area contributed by atoms with E-state index in [0.29, 0.717) is 5.56 Å². The zero-order valence-electron chi connectivity index (χ0n) is 10.3. The number of aromatic carboxylic acids is 1. The monoisotopic (exact) mass is 250 g/mol. The third kappa shape index (κ3) is 1.66. The smallest absolute Gasteiger partial charge is 0.335 e. The minimum absolute atomic E-state index is 0.450. The van der Waals surface area contributed by atoms with Crippen molar-refractivity contribution in [3.63, 3.8) is 0 Å². The van der Waals surface area contributed by atoms with Gasteiger partial charge >= 0.3 is 5.97 Å². The van der Waals surface area contributed by atoms with Gasteiger partial charge in [-0.25, -0.2) is 4.79 Å². The van der Waals surface area contributed by atoms with Gasteiger partial charge in [0.05, 0.1) is 21.7 Å². The Morgan fingerprint density at radius 1 is 1.12 bits per heavy atom. The molecule has 1 aliphatic heterocycles. The second-order valence-electron chi connectivity index (χ2n) is 6.01. The molecule has 2 rings (SSSR count). The van der Waals surface area contributed by atoms with Crippen molar-refractivity contribution in [2.45, 2.75) is 31.9 Å². The standard InChI is InChI=1S/C12H18O2Si2/c1-15(2)8-16(3,4)11-7-9(12(13)14)5-6-10(11)15/h5-7H,8H2,1-4H3,(H,13,14). The minimum atomic E-state index is -1.38. The molecule has 0 aromatic heterocycles. The van der Waals surface area contributed by atoms with Crippen molar-refractivity contribution in [1.29, 1.82) is 0 Å².